The van der Waals surface area contributed by atoms with E-state index in [9.17, 15) is 0 Å². The second-order valence-electron chi connectivity index (χ2n) is 26.5. The first-order valence-electron chi connectivity index (χ1n) is 35.9. The van der Waals surface area contributed by atoms with Crippen molar-refractivity contribution in [3.8, 4) is 23.0 Å². The molecule has 4 heterocycles. The van der Waals surface area contributed by atoms with E-state index in [-0.39, 0.29) is 0 Å². The lowest BCUT2D eigenvalue weighted by Crippen LogP contribution is -2.22. The van der Waals surface area contributed by atoms with Crippen molar-refractivity contribution in [2.75, 3.05) is 0 Å². The summed E-state index contributed by atoms with van der Waals surface area (Å²) in [6, 6.07) is 27.0. The summed E-state index contributed by atoms with van der Waals surface area (Å²) in [4.78, 5) is 10.9. The number of para-hydroxylation sites is 2. The van der Waals surface area contributed by atoms with Gasteiger partial charge in [0.25, 0.3) is 0 Å². The Labute approximate surface area is 536 Å². The Morgan fingerprint density at radius 3 is 0.907 bits per heavy atom. The van der Waals surface area contributed by atoms with Crippen LogP contribution in [0.15, 0.2) is 91.7 Å². The minimum absolute atomic E-state index is 0.630. The zero-order valence-corrected chi connectivity index (χ0v) is 57.3. The molecule has 2 aliphatic rings. The summed E-state index contributed by atoms with van der Waals surface area (Å²) in [5.41, 5.74) is 6.67. The summed E-state index contributed by atoms with van der Waals surface area (Å²) >= 11 is 8.15. The van der Waals surface area contributed by atoms with Crippen LogP contribution in [0, 0.1) is 11.8 Å². The van der Waals surface area contributed by atoms with Crippen LogP contribution in [0.2, 0.25) is 0 Å². The van der Waals surface area contributed by atoms with E-state index in [0.29, 0.717) is 23.3 Å². The molecule has 0 saturated carbocycles. The Hall–Kier alpha value is -4.14. The van der Waals surface area contributed by atoms with E-state index in [1.165, 1.54) is 290 Å². The van der Waals surface area contributed by atoms with Gasteiger partial charge in [-0.1, -0.05) is 295 Å². The van der Waals surface area contributed by atoms with E-state index in [2.05, 4.69) is 141 Å². The van der Waals surface area contributed by atoms with Gasteiger partial charge < -0.3 is 18.6 Å². The first-order valence-corrected chi connectivity index (χ1v) is 37.5. The van der Waals surface area contributed by atoms with Crippen molar-refractivity contribution in [1.82, 2.24) is 9.13 Å². The zero-order valence-electron chi connectivity index (χ0n) is 54.1. The quantitative estimate of drug-likeness (QED) is 0.0357. The van der Waals surface area contributed by atoms with Crippen molar-refractivity contribution < 1.29 is 9.47 Å². The first kappa shape index (κ1) is 66.3. The number of hydrogen-bond acceptors (Lipinski definition) is 4. The number of benzene rings is 5. The highest BCUT2D eigenvalue weighted by molar-refractivity contribution is 9.11. The van der Waals surface area contributed by atoms with Gasteiger partial charge >= 0.3 is 0 Å². The van der Waals surface area contributed by atoms with Crippen molar-refractivity contribution in [3.05, 3.63) is 92.5 Å². The molecule has 5 aromatic carbocycles. The van der Waals surface area contributed by atoms with E-state index in [1.54, 1.807) is 0 Å². The molecule has 0 bridgehead atoms. The molecule has 0 fully saturated rings. The maximum atomic E-state index is 7.24. The third-order valence-corrected chi connectivity index (χ3v) is 21.1. The molecule has 0 saturated heterocycles. The lowest BCUT2D eigenvalue weighted by Gasteiger charge is -2.23. The Kier molecular flexibility index (Phi) is 27.7. The van der Waals surface area contributed by atoms with Gasteiger partial charge in [0, 0.05) is 34.9 Å². The number of nitrogens with zero attached hydrogens (tertiary/aromatic N) is 4. The molecular formula is C78H110Br2N4O2. The third-order valence-electron chi connectivity index (χ3n) is 19.6. The molecule has 8 heteroatoms. The molecule has 7 aromatic rings. The van der Waals surface area contributed by atoms with Crippen molar-refractivity contribution >= 4 is 86.8 Å². The highest BCUT2D eigenvalue weighted by Crippen LogP contribution is 2.50. The van der Waals surface area contributed by atoms with Gasteiger partial charge in [-0.25, -0.2) is 9.98 Å². The zero-order chi connectivity index (χ0) is 59.7. The van der Waals surface area contributed by atoms with Gasteiger partial charge in [0.15, 0.2) is 23.0 Å². The number of hydrogen-bond donors (Lipinski definition) is 0. The molecule has 0 spiro atoms. The van der Waals surface area contributed by atoms with Crippen LogP contribution in [-0.2, 0) is 13.1 Å². The van der Waals surface area contributed by atoms with Crippen LogP contribution in [0.3, 0.4) is 0 Å². The molecule has 2 atom stereocenters. The SMILES string of the molecule is CCCCCCCCCCCCC(CCCCCCCCCC)Cn1c2ccccc2c2c3c(ccc21)N=c1c(Br)c2c(c(Br)c1O3)=Nc1ccc3c(c1O2)c1ccccc1n3CC(CCCCCCCCCC)CCCCCCCCCCCC. The van der Waals surface area contributed by atoms with E-state index < -0.39 is 0 Å². The van der Waals surface area contributed by atoms with Crippen molar-refractivity contribution in [2.24, 2.45) is 21.8 Å². The molecule has 468 valence electrons. The topological polar surface area (TPSA) is 53.0 Å². The maximum absolute atomic E-state index is 7.24. The highest BCUT2D eigenvalue weighted by Gasteiger charge is 2.31. The molecule has 0 radical (unpaired) electrons. The fraction of sp³-hybridized carbons (Fsp3) is 0.615. The van der Waals surface area contributed by atoms with Crippen LogP contribution in [0.25, 0.3) is 43.6 Å². The summed E-state index contributed by atoms with van der Waals surface area (Å²) in [7, 11) is 0. The lowest BCUT2D eigenvalue weighted by molar-refractivity contribution is 0.364. The summed E-state index contributed by atoms with van der Waals surface area (Å²) in [5.74, 6) is 4.22. The maximum Gasteiger partial charge on any atom is 0.171 e. The Balaban J connectivity index is 0.955. The van der Waals surface area contributed by atoms with Crippen molar-refractivity contribution in [1.29, 1.82) is 0 Å². The molecule has 0 amide bonds. The van der Waals surface area contributed by atoms with Gasteiger partial charge in [-0.3, -0.25) is 0 Å². The first-order chi connectivity index (χ1) is 42.4. The second kappa shape index (κ2) is 35.9. The van der Waals surface area contributed by atoms with Crippen LogP contribution < -0.4 is 20.2 Å². The third kappa shape index (κ3) is 17.6. The van der Waals surface area contributed by atoms with Gasteiger partial charge in [-0.05, 0) is 106 Å². The Bertz CT molecular complexity index is 3100. The van der Waals surface area contributed by atoms with Gasteiger partial charge in [0.2, 0.25) is 0 Å². The van der Waals surface area contributed by atoms with Crippen molar-refractivity contribution in [2.45, 2.75) is 298 Å². The largest absolute Gasteiger partial charge is 0.451 e. The second-order valence-corrected chi connectivity index (χ2v) is 28.1. The van der Waals surface area contributed by atoms with Gasteiger partial charge in [0.05, 0.1) is 30.8 Å². The van der Waals surface area contributed by atoms with Gasteiger partial charge in [0.1, 0.15) is 22.1 Å². The highest BCUT2D eigenvalue weighted by atomic mass is 79.9. The number of unbranched alkanes of at least 4 members (excludes halogenated alkanes) is 32. The summed E-state index contributed by atoms with van der Waals surface area (Å²) in [6.45, 7) is 11.3. The van der Waals surface area contributed by atoms with Crippen LogP contribution in [0.4, 0.5) is 11.4 Å². The van der Waals surface area contributed by atoms with Crippen LogP contribution >= 0.6 is 31.9 Å². The van der Waals surface area contributed by atoms with Crippen LogP contribution in [0.1, 0.15) is 285 Å². The number of halogens is 2. The predicted octanol–water partition coefficient (Wildman–Crippen LogP) is 26.5. The number of aromatic nitrogens is 2. The Morgan fingerprint density at radius 2 is 0.605 bits per heavy atom. The summed E-state index contributed by atoms with van der Waals surface area (Å²) in [6.07, 6.45) is 54.5. The fourth-order valence-electron chi connectivity index (χ4n) is 14.6. The Morgan fingerprint density at radius 1 is 0.326 bits per heavy atom. The van der Waals surface area contributed by atoms with Crippen molar-refractivity contribution in [3.63, 3.8) is 0 Å². The molecule has 86 heavy (non-hydrogen) atoms. The normalized spacial score (nSPS) is 13.4. The van der Waals surface area contributed by atoms with Crippen LogP contribution in [0.5, 0.6) is 23.0 Å². The molecule has 2 unspecified atom stereocenters. The molecular weight excluding hydrogens is 1180 g/mol. The standard InChI is InChI=1S/C78H110Br2N4O2/c1-5-9-13-17-21-25-27-31-35-39-47-59(45-37-33-29-23-19-15-11-7-3)57-83-65-51-43-41-49-61(65)69-67(83)55-53-63-75(69)85-77-71(79)74-78(72(80)73(77)81-63)86-76-64(82-74)54-56-68-70(76)62-50-42-44-52-66(62)84(68)58-60(46-38-34-30-24-20-16-12-8-4)48-40-36-32-28-26-22-18-14-10-6-2/h41-44,49-56,59-60H,5-40,45-48,57-58H2,1-4H3. The van der Waals surface area contributed by atoms with Gasteiger partial charge in [-0.2, -0.15) is 0 Å². The molecule has 0 N–H and O–H groups in total. The smallest absolute Gasteiger partial charge is 0.171 e. The monoisotopic (exact) mass is 1290 g/mol. The molecule has 9 rings (SSSR count). The lowest BCUT2D eigenvalue weighted by atomic mass is 9.93. The van der Waals surface area contributed by atoms with Gasteiger partial charge in [-0.15, -0.1) is 0 Å². The molecule has 0 aliphatic carbocycles. The average Bonchev–Trinajstić information content (AvgIpc) is 1.74. The number of rotatable bonds is 44. The van der Waals surface area contributed by atoms with Crippen LogP contribution in [-0.4, -0.2) is 9.13 Å². The van der Waals surface area contributed by atoms with E-state index >= 15 is 0 Å². The van der Waals surface area contributed by atoms with E-state index in [0.717, 1.165) is 66.4 Å². The minimum atomic E-state index is 0.630. The minimum Gasteiger partial charge on any atom is -0.451 e. The molecule has 2 aliphatic heterocycles. The summed E-state index contributed by atoms with van der Waals surface area (Å²) in [5, 5.41) is 6.16. The van der Waals surface area contributed by atoms with E-state index in [1.807, 2.05) is 0 Å². The fourth-order valence-corrected chi connectivity index (χ4v) is 15.6. The number of fused-ring (bicyclic) bond motifs is 12. The predicted molar refractivity (Wildman–Crippen MR) is 377 cm³/mol. The summed E-state index contributed by atoms with van der Waals surface area (Å²) < 4.78 is 21.3. The number of ether oxygens (including phenoxy) is 2. The molecule has 2 aromatic heterocycles. The molecule has 6 nitrogen and oxygen atoms in total. The average molecular weight is 1300 g/mol. The van der Waals surface area contributed by atoms with E-state index in [4.69, 9.17) is 19.5 Å².